The fourth-order valence-corrected chi connectivity index (χ4v) is 4.22. The number of fused-ring (bicyclic) bond motifs is 2. The lowest BCUT2D eigenvalue weighted by Gasteiger charge is -2.21. The molecule has 0 fully saturated rings. The molecule has 0 saturated heterocycles. The van der Waals surface area contributed by atoms with Gasteiger partial charge in [-0.3, -0.25) is 5.43 Å². The molecule has 0 spiro atoms. The Balaban J connectivity index is 1.46. The van der Waals surface area contributed by atoms with Crippen molar-refractivity contribution >= 4 is 51.9 Å². The van der Waals surface area contributed by atoms with E-state index in [0.717, 1.165) is 28.3 Å². The van der Waals surface area contributed by atoms with E-state index in [9.17, 15) is 0 Å². The van der Waals surface area contributed by atoms with Crippen LogP contribution < -0.4 is 16.1 Å². The van der Waals surface area contributed by atoms with Crippen molar-refractivity contribution in [2.45, 2.75) is 30.6 Å². The minimum Gasteiger partial charge on any atom is -0.354 e. The van der Waals surface area contributed by atoms with Gasteiger partial charge < -0.3 is 10.6 Å². The number of hydrogen-bond donors (Lipinski definition) is 3. The van der Waals surface area contributed by atoms with E-state index in [1.807, 2.05) is 25.1 Å². The van der Waals surface area contributed by atoms with Crippen molar-refractivity contribution in [3.05, 3.63) is 77.4 Å². The zero-order valence-corrected chi connectivity index (χ0v) is 18.2. The van der Waals surface area contributed by atoms with Crippen LogP contribution in [0.4, 0.5) is 17.1 Å². The summed E-state index contributed by atoms with van der Waals surface area (Å²) in [6, 6.07) is 20.8. The van der Waals surface area contributed by atoms with Crippen LogP contribution in [0, 0.1) is 13.8 Å². The highest BCUT2D eigenvalue weighted by molar-refractivity contribution is 7.99. The van der Waals surface area contributed by atoms with E-state index in [4.69, 9.17) is 12.2 Å². The van der Waals surface area contributed by atoms with Crippen LogP contribution in [0.5, 0.6) is 0 Å². The van der Waals surface area contributed by atoms with Gasteiger partial charge in [0.05, 0.1) is 17.1 Å². The van der Waals surface area contributed by atoms with Gasteiger partial charge in [-0.25, -0.2) is 0 Å². The van der Waals surface area contributed by atoms with Crippen molar-refractivity contribution in [3.63, 3.8) is 0 Å². The molecular weight excluding hydrogens is 396 g/mol. The molecule has 3 aromatic carbocycles. The Bertz CT molecular complexity index is 1120. The molecule has 0 aromatic heterocycles. The molecule has 4 nitrogen and oxygen atoms in total. The normalized spacial score (nSPS) is 12.4. The first kappa shape index (κ1) is 19.5. The molecule has 1 aliphatic heterocycles. The fraction of sp³-hybridized carbons (Fsp3) is 0.130. The third-order valence-electron chi connectivity index (χ3n) is 4.95. The molecule has 1 aliphatic rings. The van der Waals surface area contributed by atoms with Gasteiger partial charge >= 0.3 is 0 Å². The van der Waals surface area contributed by atoms with Gasteiger partial charge in [-0.1, -0.05) is 42.1 Å². The average molecular weight is 419 g/mol. The monoisotopic (exact) mass is 418 g/mol. The minimum atomic E-state index is 0.471. The van der Waals surface area contributed by atoms with Crippen LogP contribution in [-0.4, -0.2) is 10.8 Å². The summed E-state index contributed by atoms with van der Waals surface area (Å²) in [5.74, 6) is 0. The second-order valence-corrected chi connectivity index (χ2v) is 8.44. The lowest BCUT2D eigenvalue weighted by atomic mass is 10.1. The molecule has 0 unspecified atom stereocenters. The smallest absolute Gasteiger partial charge is 0.191 e. The quantitative estimate of drug-likeness (QED) is 0.209. The van der Waals surface area contributed by atoms with Crippen molar-refractivity contribution < 1.29 is 0 Å². The van der Waals surface area contributed by atoms with Crippen LogP contribution in [0.1, 0.15) is 23.6 Å². The van der Waals surface area contributed by atoms with E-state index in [-0.39, 0.29) is 0 Å². The Morgan fingerprint density at radius 1 is 0.966 bits per heavy atom. The Morgan fingerprint density at radius 2 is 1.76 bits per heavy atom. The topological polar surface area (TPSA) is 48.5 Å². The van der Waals surface area contributed by atoms with Gasteiger partial charge in [0.1, 0.15) is 0 Å². The molecular formula is C23H22N4S2. The molecule has 6 heteroatoms. The second-order valence-electron chi connectivity index (χ2n) is 6.94. The Labute approximate surface area is 180 Å². The van der Waals surface area contributed by atoms with Crippen LogP contribution in [0.2, 0.25) is 0 Å². The molecule has 0 radical (unpaired) electrons. The number of anilines is 3. The number of hydrazone groups is 1. The maximum absolute atomic E-state index is 5.40. The Kier molecular flexibility index (Phi) is 5.56. The predicted octanol–water partition coefficient (Wildman–Crippen LogP) is 6.22. The summed E-state index contributed by atoms with van der Waals surface area (Å²) in [7, 11) is 0. The third kappa shape index (κ3) is 4.28. The summed E-state index contributed by atoms with van der Waals surface area (Å²) in [5.41, 5.74) is 10.5. The first-order valence-electron chi connectivity index (χ1n) is 9.37. The average Bonchev–Trinajstić information content (AvgIpc) is 2.73. The minimum absolute atomic E-state index is 0.471. The van der Waals surface area contributed by atoms with Crippen molar-refractivity contribution in [1.82, 2.24) is 5.43 Å². The maximum Gasteiger partial charge on any atom is 0.191 e. The molecule has 29 heavy (non-hydrogen) atoms. The second kappa shape index (κ2) is 8.27. The van der Waals surface area contributed by atoms with E-state index in [2.05, 4.69) is 77.5 Å². The summed E-state index contributed by atoms with van der Waals surface area (Å²) in [6.07, 6.45) is 0. The number of para-hydroxylation sites is 1. The zero-order chi connectivity index (χ0) is 20.4. The molecule has 4 rings (SSSR count). The molecule has 0 amide bonds. The van der Waals surface area contributed by atoms with E-state index in [0.29, 0.717) is 5.11 Å². The van der Waals surface area contributed by atoms with E-state index < -0.39 is 0 Å². The summed E-state index contributed by atoms with van der Waals surface area (Å²) in [4.78, 5) is 2.45. The lowest BCUT2D eigenvalue weighted by Crippen LogP contribution is -2.25. The standard InChI is InChI=1S/C23H22N4S2/c1-14-7-6-9-18(15(14)2)25-23(28)27-26-16(3)17-11-12-22-20(13-17)24-19-8-4-5-10-21(19)29-22/h4-13,24H,1-3H3,(H2,25,27,28)/b26-16+. The maximum atomic E-state index is 5.40. The molecule has 146 valence electrons. The molecule has 0 atom stereocenters. The summed E-state index contributed by atoms with van der Waals surface area (Å²) in [5, 5.41) is 11.7. The van der Waals surface area contributed by atoms with Gasteiger partial charge in [0, 0.05) is 15.5 Å². The van der Waals surface area contributed by atoms with Gasteiger partial charge in [0.15, 0.2) is 5.11 Å². The summed E-state index contributed by atoms with van der Waals surface area (Å²) in [6.45, 7) is 6.13. The molecule has 1 heterocycles. The fourth-order valence-electron chi connectivity index (χ4n) is 3.10. The predicted molar refractivity (Wildman–Crippen MR) is 128 cm³/mol. The number of aryl methyl sites for hydroxylation is 1. The van der Waals surface area contributed by atoms with Crippen molar-refractivity contribution in [2.24, 2.45) is 5.10 Å². The molecule has 0 bridgehead atoms. The van der Waals surface area contributed by atoms with Gasteiger partial charge in [0.2, 0.25) is 0 Å². The number of thiocarbonyl (C=S) groups is 1. The first-order chi connectivity index (χ1) is 14.0. The molecule has 3 N–H and O–H groups in total. The van der Waals surface area contributed by atoms with Crippen molar-refractivity contribution in [2.75, 3.05) is 10.6 Å². The van der Waals surface area contributed by atoms with E-state index in [1.54, 1.807) is 11.8 Å². The van der Waals surface area contributed by atoms with E-state index >= 15 is 0 Å². The van der Waals surface area contributed by atoms with Crippen LogP contribution in [0.25, 0.3) is 0 Å². The van der Waals surface area contributed by atoms with Crippen LogP contribution in [0.3, 0.4) is 0 Å². The SMILES string of the molecule is C/C(=N\NC(=S)Nc1cccc(C)c1C)c1ccc2c(c1)Nc1ccccc1S2. The van der Waals surface area contributed by atoms with Crippen molar-refractivity contribution in [1.29, 1.82) is 0 Å². The molecule has 0 saturated carbocycles. The van der Waals surface area contributed by atoms with Crippen LogP contribution in [-0.2, 0) is 0 Å². The van der Waals surface area contributed by atoms with Crippen LogP contribution in [0.15, 0.2) is 75.6 Å². The summed E-state index contributed by atoms with van der Waals surface area (Å²) < 4.78 is 0. The highest BCUT2D eigenvalue weighted by Gasteiger charge is 2.15. The van der Waals surface area contributed by atoms with Gasteiger partial charge in [-0.2, -0.15) is 5.10 Å². The highest BCUT2D eigenvalue weighted by atomic mass is 32.2. The van der Waals surface area contributed by atoms with E-state index in [1.165, 1.54) is 20.9 Å². The number of nitrogens with one attached hydrogen (secondary N) is 3. The Morgan fingerprint density at radius 3 is 2.62 bits per heavy atom. The zero-order valence-electron chi connectivity index (χ0n) is 16.5. The highest BCUT2D eigenvalue weighted by Crippen LogP contribution is 2.44. The van der Waals surface area contributed by atoms with Gasteiger partial charge in [0.25, 0.3) is 0 Å². The van der Waals surface area contributed by atoms with Gasteiger partial charge in [-0.15, -0.1) is 0 Å². The third-order valence-corrected chi connectivity index (χ3v) is 6.30. The summed E-state index contributed by atoms with van der Waals surface area (Å²) >= 11 is 7.18. The van der Waals surface area contributed by atoms with Gasteiger partial charge in [-0.05, 0) is 80.0 Å². The molecule has 0 aliphatic carbocycles. The van der Waals surface area contributed by atoms with Crippen molar-refractivity contribution in [3.8, 4) is 0 Å². The largest absolute Gasteiger partial charge is 0.354 e. The number of benzene rings is 3. The number of nitrogens with zero attached hydrogens (tertiary/aromatic N) is 1. The Hall–Kier alpha value is -2.83. The van der Waals surface area contributed by atoms with Crippen LogP contribution >= 0.6 is 24.0 Å². The lowest BCUT2D eigenvalue weighted by molar-refractivity contribution is 1.04. The number of rotatable bonds is 3. The first-order valence-corrected chi connectivity index (χ1v) is 10.6. The molecule has 3 aromatic rings. The number of hydrogen-bond acceptors (Lipinski definition) is 4.